The molecule has 1 rings (SSSR count). The van der Waals surface area contributed by atoms with E-state index in [4.69, 9.17) is 5.41 Å². The molecule has 0 aliphatic rings. The summed E-state index contributed by atoms with van der Waals surface area (Å²) in [5, 5.41) is 20.7. The summed E-state index contributed by atoms with van der Waals surface area (Å²) < 4.78 is 12.5. The molecule has 0 fully saturated rings. The van der Waals surface area contributed by atoms with Gasteiger partial charge in [0.2, 0.25) is 0 Å². The minimum atomic E-state index is -1.14. The van der Waals surface area contributed by atoms with E-state index in [9.17, 15) is 19.3 Å². The molecule has 0 spiro atoms. The number of halogens is 1. The second kappa shape index (κ2) is 7.44. The fourth-order valence-corrected chi connectivity index (χ4v) is 0.898. The molecule has 1 N–H and O–H groups in total. The van der Waals surface area contributed by atoms with Crippen molar-refractivity contribution in [2.75, 3.05) is 5.32 Å². The van der Waals surface area contributed by atoms with E-state index in [1.807, 2.05) is 0 Å². The number of anilines is 1. The third-order valence-electron chi connectivity index (χ3n) is 1.61. The number of carbonyl (C=O) groups excluding carboxylic acids is 1. The first-order valence-corrected chi connectivity index (χ1v) is 4.03. The topological polar surface area (TPSA) is 94.5 Å². The maximum atomic E-state index is 12.5. The van der Waals surface area contributed by atoms with E-state index in [0.717, 1.165) is 18.0 Å². The van der Waals surface area contributed by atoms with Gasteiger partial charge < -0.3 is 10.7 Å². The summed E-state index contributed by atoms with van der Waals surface area (Å²) in [5.41, 5.74) is -0.953. The summed E-state index contributed by atoms with van der Waals surface area (Å²) >= 11 is 0. The van der Waals surface area contributed by atoms with E-state index < -0.39 is 22.3 Å². The minimum Gasteiger partial charge on any atom is -0.757 e. The summed E-state index contributed by atoms with van der Waals surface area (Å²) in [4.78, 5) is 20.3. The number of hydrogen-bond donors (Lipinski definition) is 1. The molecule has 1 aromatic rings. The van der Waals surface area contributed by atoms with Gasteiger partial charge >= 0.3 is 63.0 Å². The molecule has 0 unspecified atom stereocenters. The largest absolute Gasteiger partial charge is 1.00 e. The van der Waals surface area contributed by atoms with Crippen molar-refractivity contribution in [1.82, 2.24) is 0 Å². The van der Waals surface area contributed by atoms with Crippen molar-refractivity contribution in [2.45, 2.75) is 0 Å². The van der Waals surface area contributed by atoms with Crippen LogP contribution in [0.4, 0.5) is 10.1 Å². The van der Waals surface area contributed by atoms with Crippen LogP contribution in [0.25, 0.3) is 5.41 Å². The van der Waals surface area contributed by atoms with Crippen LogP contribution >= 0.6 is 0 Å². The molecule has 6 nitrogen and oxygen atoms in total. The number of amides is 1. The molecule has 0 heterocycles. The minimum absolute atomic E-state index is 0. The van der Waals surface area contributed by atoms with Crippen LogP contribution in [-0.4, -0.2) is 16.7 Å². The molecule has 17 heavy (non-hydrogen) atoms. The summed E-state index contributed by atoms with van der Waals surface area (Å²) in [6.07, 6.45) is 0. The first-order chi connectivity index (χ1) is 7.54. The summed E-state index contributed by atoms with van der Waals surface area (Å²) in [6, 6.07) is 4.60. The standard InChI is InChI=1S/C9H5FN3O3.K/c10-6-1-3-7(4-2-6)12-9(14)8(5-11)13(15)16;/h1-4H,(H,12,14);/q-1;+1. The van der Waals surface area contributed by atoms with Crippen molar-refractivity contribution in [2.24, 2.45) is 0 Å². The van der Waals surface area contributed by atoms with Crippen LogP contribution in [-0.2, 0) is 4.79 Å². The van der Waals surface area contributed by atoms with Crippen molar-refractivity contribution >= 4 is 17.5 Å². The monoisotopic (exact) mass is 261 g/mol. The summed E-state index contributed by atoms with van der Waals surface area (Å²) in [5.74, 6) is -0.478. The van der Waals surface area contributed by atoms with Gasteiger partial charge in [0.05, 0.1) is 4.92 Å². The summed E-state index contributed by atoms with van der Waals surface area (Å²) in [6.45, 7) is 0. The van der Waals surface area contributed by atoms with E-state index in [1.54, 1.807) is 0 Å². The third-order valence-corrected chi connectivity index (χ3v) is 1.61. The van der Waals surface area contributed by atoms with Gasteiger partial charge in [0, 0.05) is 5.69 Å². The Morgan fingerprint density at radius 2 is 1.94 bits per heavy atom. The van der Waals surface area contributed by atoms with Crippen LogP contribution < -0.4 is 56.7 Å². The van der Waals surface area contributed by atoms with Gasteiger partial charge in [-0.05, 0) is 24.3 Å². The number of nitrogens with one attached hydrogen (secondary N) is 1. The third kappa shape index (κ3) is 4.86. The fourth-order valence-electron chi connectivity index (χ4n) is 0.898. The van der Waals surface area contributed by atoms with Crippen LogP contribution in [0.15, 0.2) is 30.0 Å². The second-order valence-electron chi connectivity index (χ2n) is 2.68. The van der Waals surface area contributed by atoms with Crippen LogP contribution in [0.1, 0.15) is 0 Å². The zero-order chi connectivity index (χ0) is 12.1. The molecule has 0 atom stereocenters. The van der Waals surface area contributed by atoms with Gasteiger partial charge in [-0.15, -0.1) is 0 Å². The van der Waals surface area contributed by atoms with E-state index in [0.29, 0.717) is 0 Å². The molecule has 1 amide bonds. The predicted octanol–water partition coefficient (Wildman–Crippen LogP) is -1.83. The number of carbonyl (C=O) groups is 1. The normalized spacial score (nSPS) is 8.53. The van der Waals surface area contributed by atoms with Gasteiger partial charge in [0.1, 0.15) is 5.82 Å². The molecule has 8 heteroatoms. The Kier molecular flexibility index (Phi) is 7.04. The Labute approximate surface area is 138 Å². The van der Waals surface area contributed by atoms with Crippen molar-refractivity contribution in [3.8, 4) is 0 Å². The van der Waals surface area contributed by atoms with Crippen LogP contribution in [0.2, 0.25) is 0 Å². The number of nitrogens with zero attached hydrogens (tertiary/aromatic N) is 2. The number of nitro groups is 1. The average Bonchev–Trinajstić information content (AvgIpc) is 2.22. The van der Waals surface area contributed by atoms with Gasteiger partial charge in [-0.2, -0.15) is 5.87 Å². The Morgan fingerprint density at radius 3 is 2.35 bits per heavy atom. The van der Waals surface area contributed by atoms with E-state index >= 15 is 0 Å². The van der Waals surface area contributed by atoms with Crippen molar-refractivity contribution in [3.63, 3.8) is 0 Å². The Balaban J connectivity index is 0.00000256. The van der Waals surface area contributed by atoms with Gasteiger partial charge in [-0.3, -0.25) is 14.9 Å². The van der Waals surface area contributed by atoms with E-state index in [-0.39, 0.29) is 57.1 Å². The van der Waals surface area contributed by atoms with Crippen molar-refractivity contribution < 1.29 is 65.5 Å². The molecule has 1 aromatic carbocycles. The summed E-state index contributed by atoms with van der Waals surface area (Å²) in [7, 11) is 0. The maximum Gasteiger partial charge on any atom is 1.00 e. The Morgan fingerprint density at radius 1 is 1.41 bits per heavy atom. The van der Waals surface area contributed by atoms with Gasteiger partial charge in [-0.25, -0.2) is 4.39 Å². The molecule has 0 aliphatic carbocycles. The van der Waals surface area contributed by atoms with Crippen molar-refractivity contribution in [3.05, 3.63) is 51.3 Å². The number of benzene rings is 1. The van der Waals surface area contributed by atoms with Crippen LogP contribution in [0.5, 0.6) is 0 Å². The Hall–Kier alpha value is -0.894. The Bertz CT molecular complexity index is 483. The second-order valence-corrected chi connectivity index (χ2v) is 2.68. The van der Waals surface area contributed by atoms with E-state index in [2.05, 4.69) is 5.32 Å². The molecule has 0 saturated carbocycles. The molecular formula is C9H5FKN3O3. The smallest absolute Gasteiger partial charge is 0.757 e. The molecule has 0 bridgehead atoms. The first-order valence-electron chi connectivity index (χ1n) is 4.03. The zero-order valence-corrected chi connectivity index (χ0v) is 11.9. The maximum absolute atomic E-state index is 12.5. The molecule has 82 valence electrons. The van der Waals surface area contributed by atoms with Gasteiger partial charge in [-0.1, -0.05) is 0 Å². The number of hydrogen-bond acceptors (Lipinski definition) is 3. The first kappa shape index (κ1) is 16.1. The average molecular weight is 261 g/mol. The van der Waals surface area contributed by atoms with Gasteiger partial charge in [0.15, 0.2) is 0 Å². The quantitative estimate of drug-likeness (QED) is 0.228. The molecule has 0 aliphatic heterocycles. The van der Waals surface area contributed by atoms with Crippen LogP contribution in [0, 0.1) is 15.9 Å². The fraction of sp³-hybridized carbons (Fsp3) is 0. The zero-order valence-electron chi connectivity index (χ0n) is 8.81. The molecule has 0 saturated heterocycles. The molecule has 0 aromatic heterocycles. The SMILES string of the molecule is [K+].[N-]=C=C(C(=O)Nc1ccc(F)cc1)[N+](=O)[O-]. The van der Waals surface area contributed by atoms with E-state index in [1.165, 1.54) is 12.1 Å². The molecular weight excluding hydrogens is 256 g/mol. The number of rotatable bonds is 3. The molecule has 0 radical (unpaired) electrons. The van der Waals surface area contributed by atoms with Crippen LogP contribution in [0.3, 0.4) is 0 Å². The van der Waals surface area contributed by atoms with Gasteiger partial charge in [0.25, 0.3) is 0 Å². The van der Waals surface area contributed by atoms with Crippen molar-refractivity contribution in [1.29, 1.82) is 0 Å². The predicted molar refractivity (Wildman–Crippen MR) is 53.9 cm³/mol.